The van der Waals surface area contributed by atoms with Crippen LogP contribution < -0.4 is 4.72 Å². The van der Waals surface area contributed by atoms with Gasteiger partial charge < -0.3 is 4.90 Å². The van der Waals surface area contributed by atoms with Gasteiger partial charge in [0.2, 0.25) is 10.0 Å². The molecule has 0 aromatic heterocycles. The van der Waals surface area contributed by atoms with Crippen LogP contribution >= 0.6 is 15.9 Å². The number of sulfonamides is 1. The molecule has 0 radical (unpaired) electrons. The molecule has 0 unspecified atom stereocenters. The van der Waals surface area contributed by atoms with Gasteiger partial charge in [-0.3, -0.25) is 4.79 Å². The van der Waals surface area contributed by atoms with E-state index in [4.69, 9.17) is 0 Å². The first-order valence-corrected chi connectivity index (χ1v) is 10.3. The molecule has 5 nitrogen and oxygen atoms in total. The van der Waals surface area contributed by atoms with Crippen molar-refractivity contribution in [3.63, 3.8) is 0 Å². The minimum Gasteiger partial charge on any atom is -0.337 e. The number of nitrogens with one attached hydrogen (secondary N) is 1. The van der Waals surface area contributed by atoms with Crippen molar-refractivity contribution in [2.45, 2.75) is 30.3 Å². The van der Waals surface area contributed by atoms with Crippen LogP contribution in [0.1, 0.15) is 28.8 Å². The van der Waals surface area contributed by atoms with Crippen molar-refractivity contribution in [2.24, 2.45) is 0 Å². The van der Waals surface area contributed by atoms with Gasteiger partial charge in [0.15, 0.2) is 0 Å². The smallest absolute Gasteiger partial charge is 0.255 e. The number of carbonyl (C=O) groups is 1. The molecule has 1 amide bonds. The maximum atomic E-state index is 12.8. The molecule has 0 heterocycles. The lowest BCUT2D eigenvalue weighted by Crippen LogP contribution is -2.28. The number of hydrogen-bond acceptors (Lipinski definition) is 3. The summed E-state index contributed by atoms with van der Waals surface area (Å²) < 4.78 is 28.0. The van der Waals surface area contributed by atoms with E-state index < -0.39 is 10.0 Å². The quantitative estimate of drug-likeness (QED) is 0.777. The summed E-state index contributed by atoms with van der Waals surface area (Å²) in [7, 11) is -1.90. The highest BCUT2D eigenvalue weighted by molar-refractivity contribution is 9.10. The monoisotopic (exact) mass is 422 g/mol. The Labute approximate surface area is 156 Å². The molecule has 0 atom stereocenters. The Kier molecular flexibility index (Phi) is 5.27. The largest absolute Gasteiger partial charge is 0.337 e. The van der Waals surface area contributed by atoms with Crippen molar-refractivity contribution >= 4 is 31.9 Å². The summed E-state index contributed by atoms with van der Waals surface area (Å²) in [6.45, 7) is 0.448. The number of nitrogens with zero attached hydrogens (tertiary/aromatic N) is 1. The van der Waals surface area contributed by atoms with E-state index in [2.05, 4.69) is 20.7 Å². The van der Waals surface area contributed by atoms with Gasteiger partial charge in [-0.1, -0.05) is 30.3 Å². The van der Waals surface area contributed by atoms with Crippen LogP contribution in [0.5, 0.6) is 0 Å². The molecule has 1 N–H and O–H groups in total. The summed E-state index contributed by atoms with van der Waals surface area (Å²) in [5.41, 5.74) is 1.34. The van der Waals surface area contributed by atoms with E-state index in [1.165, 1.54) is 12.1 Å². The first-order chi connectivity index (χ1) is 11.9. The van der Waals surface area contributed by atoms with Crippen LogP contribution in [0, 0.1) is 0 Å². The second kappa shape index (κ2) is 7.27. The molecule has 2 aromatic carbocycles. The lowest BCUT2D eigenvalue weighted by Gasteiger charge is -2.19. The highest BCUT2D eigenvalue weighted by atomic mass is 79.9. The van der Waals surface area contributed by atoms with Crippen LogP contribution in [0.2, 0.25) is 0 Å². The zero-order valence-corrected chi connectivity index (χ0v) is 16.2. The number of halogens is 1. The molecule has 0 aliphatic heterocycles. The van der Waals surface area contributed by atoms with Crippen molar-refractivity contribution in [2.75, 3.05) is 7.05 Å². The first-order valence-electron chi connectivity index (χ1n) is 7.98. The minimum atomic E-state index is -3.60. The van der Waals surface area contributed by atoms with Crippen molar-refractivity contribution in [1.29, 1.82) is 0 Å². The summed E-state index contributed by atoms with van der Waals surface area (Å²) in [5.74, 6) is -0.237. The molecule has 25 heavy (non-hydrogen) atoms. The van der Waals surface area contributed by atoms with Gasteiger partial charge in [0.05, 0.1) is 10.5 Å². The predicted molar refractivity (Wildman–Crippen MR) is 99.7 cm³/mol. The van der Waals surface area contributed by atoms with E-state index in [9.17, 15) is 13.2 Å². The molecular weight excluding hydrogens is 404 g/mol. The molecule has 3 rings (SSSR count). The van der Waals surface area contributed by atoms with E-state index in [0.717, 1.165) is 18.4 Å². The van der Waals surface area contributed by atoms with Crippen molar-refractivity contribution in [3.05, 3.63) is 64.1 Å². The summed E-state index contributed by atoms with van der Waals surface area (Å²) in [5, 5.41) is 0. The van der Waals surface area contributed by atoms with Crippen molar-refractivity contribution in [1.82, 2.24) is 9.62 Å². The zero-order valence-electron chi connectivity index (χ0n) is 13.8. The third-order valence-electron chi connectivity index (χ3n) is 3.99. The maximum absolute atomic E-state index is 12.8. The number of amides is 1. The standard InChI is InChI=1S/C18H19BrN2O3S/c1-21(12-13-5-3-2-4-6-13)18(22)16-11-15(9-10-17(16)19)25(23,24)20-14-7-8-14/h2-6,9-11,14,20H,7-8,12H2,1H3. The van der Waals surface area contributed by atoms with E-state index in [0.29, 0.717) is 16.6 Å². The Hall–Kier alpha value is -1.70. The second-order valence-corrected chi connectivity index (χ2v) is 8.75. The van der Waals surface area contributed by atoms with Crippen LogP contribution in [-0.4, -0.2) is 32.3 Å². The highest BCUT2D eigenvalue weighted by Crippen LogP contribution is 2.26. The van der Waals surface area contributed by atoms with E-state index in [-0.39, 0.29) is 16.8 Å². The fraction of sp³-hybridized carbons (Fsp3) is 0.278. The van der Waals surface area contributed by atoms with Gasteiger partial charge in [0, 0.05) is 24.1 Å². The van der Waals surface area contributed by atoms with E-state index in [1.54, 1.807) is 18.0 Å². The second-order valence-electron chi connectivity index (χ2n) is 6.18. The van der Waals surface area contributed by atoms with Crippen LogP contribution in [-0.2, 0) is 16.6 Å². The Balaban J connectivity index is 1.83. The number of rotatable bonds is 6. The van der Waals surface area contributed by atoms with Gasteiger partial charge >= 0.3 is 0 Å². The average molecular weight is 423 g/mol. The molecule has 0 spiro atoms. The topological polar surface area (TPSA) is 66.5 Å². The molecule has 0 bridgehead atoms. The van der Waals surface area contributed by atoms with Gasteiger partial charge in [-0.2, -0.15) is 0 Å². The summed E-state index contributed by atoms with van der Waals surface area (Å²) in [6, 6.07) is 14.2. The summed E-state index contributed by atoms with van der Waals surface area (Å²) in [4.78, 5) is 14.4. The molecule has 132 valence electrons. The molecular formula is C18H19BrN2O3S. The molecule has 7 heteroatoms. The molecule has 0 saturated heterocycles. The zero-order chi connectivity index (χ0) is 18.0. The fourth-order valence-electron chi connectivity index (χ4n) is 2.46. The summed E-state index contributed by atoms with van der Waals surface area (Å²) >= 11 is 3.35. The normalized spacial score (nSPS) is 14.3. The number of benzene rings is 2. The molecule has 1 aliphatic carbocycles. The SMILES string of the molecule is CN(Cc1ccccc1)C(=O)c1cc(S(=O)(=O)NC2CC2)ccc1Br. The van der Waals surface area contributed by atoms with Gasteiger partial charge in [-0.15, -0.1) is 0 Å². The Morgan fingerprint density at radius 1 is 1.20 bits per heavy atom. The average Bonchev–Trinajstić information content (AvgIpc) is 3.38. The Morgan fingerprint density at radius 2 is 1.88 bits per heavy atom. The molecule has 1 aliphatic rings. The molecule has 1 fully saturated rings. The minimum absolute atomic E-state index is 0.0218. The molecule has 2 aromatic rings. The van der Waals surface area contributed by atoms with Crippen LogP contribution in [0.25, 0.3) is 0 Å². The third-order valence-corrected chi connectivity index (χ3v) is 6.20. The van der Waals surface area contributed by atoms with Crippen molar-refractivity contribution < 1.29 is 13.2 Å². The lowest BCUT2D eigenvalue weighted by atomic mass is 10.1. The van der Waals surface area contributed by atoms with E-state index >= 15 is 0 Å². The van der Waals surface area contributed by atoms with Crippen LogP contribution in [0.3, 0.4) is 0 Å². The maximum Gasteiger partial charge on any atom is 0.255 e. The Bertz CT molecular complexity index is 880. The first kappa shape index (κ1) is 18.1. The lowest BCUT2D eigenvalue weighted by molar-refractivity contribution is 0.0784. The van der Waals surface area contributed by atoms with Gasteiger partial charge in [0.25, 0.3) is 5.91 Å². The van der Waals surface area contributed by atoms with Gasteiger partial charge in [0.1, 0.15) is 0 Å². The predicted octanol–water partition coefficient (Wildman–Crippen LogP) is 3.16. The number of hydrogen-bond donors (Lipinski definition) is 1. The molecule has 1 saturated carbocycles. The van der Waals surface area contributed by atoms with Gasteiger partial charge in [-0.25, -0.2) is 13.1 Å². The highest BCUT2D eigenvalue weighted by Gasteiger charge is 2.29. The fourth-order valence-corrected chi connectivity index (χ4v) is 4.21. The third kappa shape index (κ3) is 4.48. The Morgan fingerprint density at radius 3 is 2.52 bits per heavy atom. The van der Waals surface area contributed by atoms with Crippen molar-refractivity contribution in [3.8, 4) is 0 Å². The van der Waals surface area contributed by atoms with Gasteiger partial charge in [-0.05, 0) is 52.5 Å². The van der Waals surface area contributed by atoms with E-state index in [1.807, 2.05) is 30.3 Å². The van der Waals surface area contributed by atoms with Crippen LogP contribution in [0.15, 0.2) is 57.9 Å². The van der Waals surface area contributed by atoms with Crippen LogP contribution in [0.4, 0.5) is 0 Å². The number of carbonyl (C=O) groups excluding carboxylic acids is 1. The summed E-state index contributed by atoms with van der Waals surface area (Å²) in [6.07, 6.45) is 1.72.